The first-order valence-corrected chi connectivity index (χ1v) is 14.9. The van der Waals surface area contributed by atoms with Crippen LogP contribution < -0.4 is 9.47 Å². The number of piperidine rings is 1. The van der Waals surface area contributed by atoms with E-state index in [2.05, 4.69) is 51.5 Å². The van der Waals surface area contributed by atoms with Crippen LogP contribution in [0.2, 0.25) is 0 Å². The Morgan fingerprint density at radius 3 is 2.71 bits per heavy atom. The molecule has 1 spiro atoms. The largest absolute Gasteiger partial charge is 0.508 e. The van der Waals surface area contributed by atoms with Crippen LogP contribution in [0.25, 0.3) is 0 Å². The average molecular weight is 557 g/mol. The molecule has 1 amide bonds. The Bertz CT molecular complexity index is 1490. The van der Waals surface area contributed by atoms with Gasteiger partial charge >= 0.3 is 5.97 Å². The Hall–Kier alpha value is -3.50. The van der Waals surface area contributed by atoms with E-state index < -0.39 is 5.97 Å². The van der Waals surface area contributed by atoms with Crippen LogP contribution in [0.1, 0.15) is 67.9 Å². The molecule has 2 aliphatic carbocycles. The van der Waals surface area contributed by atoms with Gasteiger partial charge in [-0.1, -0.05) is 25.8 Å². The summed E-state index contributed by atoms with van der Waals surface area (Å²) in [5.41, 5.74) is 4.69. The highest BCUT2D eigenvalue weighted by Gasteiger charge is 2.67. The fourth-order valence-corrected chi connectivity index (χ4v) is 8.09. The average Bonchev–Trinajstić information content (AvgIpc) is 3.26. The van der Waals surface area contributed by atoms with E-state index >= 15 is 0 Å². The number of carbonyl (C=O) groups is 2. The lowest BCUT2D eigenvalue weighted by molar-refractivity contribution is -0.137. The summed E-state index contributed by atoms with van der Waals surface area (Å²) in [4.78, 5) is 30.3. The van der Waals surface area contributed by atoms with Gasteiger partial charge in [-0.25, -0.2) is 0 Å². The van der Waals surface area contributed by atoms with Gasteiger partial charge in [0.1, 0.15) is 11.9 Å². The number of amides is 1. The third kappa shape index (κ3) is 4.39. The molecule has 7 heteroatoms. The van der Waals surface area contributed by atoms with Crippen molar-refractivity contribution in [3.8, 4) is 29.1 Å². The van der Waals surface area contributed by atoms with Gasteiger partial charge in [-0.05, 0) is 88.2 Å². The number of phenolic OH excluding ortho intramolecular Hbond substituents is 1. The van der Waals surface area contributed by atoms with E-state index in [0.717, 1.165) is 54.5 Å². The van der Waals surface area contributed by atoms with Gasteiger partial charge in [0.05, 0.1) is 6.04 Å². The lowest BCUT2D eigenvalue weighted by Gasteiger charge is -2.60. The monoisotopic (exact) mass is 556 g/mol. The third-order valence-electron chi connectivity index (χ3n) is 9.95. The summed E-state index contributed by atoms with van der Waals surface area (Å²) in [5.74, 6) is 6.97. The summed E-state index contributed by atoms with van der Waals surface area (Å²) in [5, 5.41) is 11.2. The Labute approximate surface area is 242 Å². The third-order valence-corrected chi connectivity index (χ3v) is 9.95. The minimum Gasteiger partial charge on any atom is -0.508 e. The molecule has 1 saturated heterocycles. The fourth-order valence-electron chi connectivity index (χ4n) is 8.09. The molecule has 2 aliphatic heterocycles. The molecule has 2 fully saturated rings. The summed E-state index contributed by atoms with van der Waals surface area (Å²) < 4.78 is 12.5. The molecule has 4 aliphatic rings. The van der Waals surface area contributed by atoms with Gasteiger partial charge in [-0.3, -0.25) is 9.59 Å². The summed E-state index contributed by atoms with van der Waals surface area (Å²) in [6, 6.07) is 7.63. The van der Waals surface area contributed by atoms with Gasteiger partial charge in [0.2, 0.25) is 0 Å². The molecule has 6 rings (SSSR count). The zero-order valence-electron chi connectivity index (χ0n) is 24.9. The first kappa shape index (κ1) is 27.7. The van der Waals surface area contributed by atoms with E-state index in [-0.39, 0.29) is 46.9 Å². The molecule has 0 radical (unpaired) electrons. The molecule has 0 unspecified atom stereocenters. The van der Waals surface area contributed by atoms with Crippen LogP contribution in [-0.2, 0) is 21.4 Å². The van der Waals surface area contributed by atoms with Gasteiger partial charge in [0.25, 0.3) is 5.91 Å². The van der Waals surface area contributed by atoms with E-state index in [0.29, 0.717) is 18.2 Å². The van der Waals surface area contributed by atoms with E-state index in [1.165, 1.54) is 18.6 Å². The lowest BCUT2D eigenvalue weighted by Crippen LogP contribution is -2.68. The zero-order chi connectivity index (χ0) is 29.2. The van der Waals surface area contributed by atoms with Crippen LogP contribution in [0, 0.1) is 37.5 Å². The number of likely N-dealkylation sites (tertiary alicyclic amines) is 1. The van der Waals surface area contributed by atoms with E-state index in [9.17, 15) is 14.7 Å². The summed E-state index contributed by atoms with van der Waals surface area (Å²) in [7, 11) is 2.17. The van der Waals surface area contributed by atoms with Crippen molar-refractivity contribution in [2.24, 2.45) is 11.8 Å². The predicted octanol–water partition coefficient (Wildman–Crippen LogP) is 4.51. The second-order valence-electron chi connectivity index (χ2n) is 12.9. The number of ether oxygens (including phenoxy) is 2. The molecule has 1 saturated carbocycles. The van der Waals surface area contributed by atoms with E-state index in [1.54, 1.807) is 0 Å². The number of esters is 1. The molecule has 1 N–H and O–H groups in total. The Balaban J connectivity index is 1.43. The van der Waals surface area contributed by atoms with Crippen LogP contribution in [0.4, 0.5) is 0 Å². The van der Waals surface area contributed by atoms with Crippen molar-refractivity contribution in [1.82, 2.24) is 9.80 Å². The quantitative estimate of drug-likeness (QED) is 0.339. The maximum Gasteiger partial charge on any atom is 0.308 e. The van der Waals surface area contributed by atoms with Crippen molar-refractivity contribution in [2.45, 2.75) is 83.9 Å². The first-order chi connectivity index (χ1) is 19.5. The van der Waals surface area contributed by atoms with E-state index in [4.69, 9.17) is 9.47 Å². The standard InChI is InChI=1S/C34H40N2O5/c1-19(2)18-36(30(39)12-9-23-8-7-20(3)21(4)15-23)26-11-10-25-27-16-24-28(38)17-29(40-22(5)37)32-31(24)34(25,33(26)41-32)13-14-35(27)6/h7-8,15,17,19,25-27,33,38H,10-11,13-14,16,18H2,1-6H3/t25-,26+,27+,33-,34-/m0/s1. The second kappa shape index (κ2) is 10.1. The number of hydrogen-bond donors (Lipinski definition) is 1. The van der Waals surface area contributed by atoms with E-state index in [1.807, 2.05) is 23.1 Å². The highest BCUT2D eigenvalue weighted by molar-refractivity contribution is 5.94. The Morgan fingerprint density at radius 2 is 2.00 bits per heavy atom. The number of aryl methyl sites for hydroxylation is 2. The molecule has 2 heterocycles. The second-order valence-corrected chi connectivity index (χ2v) is 12.9. The number of carbonyl (C=O) groups excluding carboxylic acids is 2. The minimum absolute atomic E-state index is 0.152. The van der Waals surface area contributed by atoms with Gasteiger partial charge in [-0.15, -0.1) is 0 Å². The number of phenols is 1. The smallest absolute Gasteiger partial charge is 0.308 e. The number of benzene rings is 2. The topological polar surface area (TPSA) is 79.3 Å². The van der Waals surface area contributed by atoms with Crippen LogP contribution in [0.3, 0.4) is 0 Å². The van der Waals surface area contributed by atoms with Gasteiger partial charge in [0, 0.05) is 53.6 Å². The molecule has 0 aromatic heterocycles. The summed E-state index contributed by atoms with van der Waals surface area (Å²) in [6.45, 7) is 11.2. The Morgan fingerprint density at radius 1 is 1.22 bits per heavy atom. The minimum atomic E-state index is -0.458. The van der Waals surface area contributed by atoms with Crippen molar-refractivity contribution in [3.05, 3.63) is 52.1 Å². The SMILES string of the molecule is CC(=O)Oc1cc(O)c2c3c1O[C@H]1[C@H](N(CC(C)C)C(=O)C#Cc4ccc(C)c(C)c4)CC[C@H]4[C@@H](C2)N(C)CC[C@@]341. The molecular weight excluding hydrogens is 516 g/mol. The zero-order valence-corrected chi connectivity index (χ0v) is 24.9. The molecule has 41 heavy (non-hydrogen) atoms. The number of likely N-dealkylation sites (N-methyl/N-ethyl adjacent to an activating group) is 1. The molecule has 216 valence electrons. The molecule has 7 nitrogen and oxygen atoms in total. The first-order valence-electron chi connectivity index (χ1n) is 14.9. The van der Waals surface area contributed by atoms with Crippen LogP contribution >= 0.6 is 0 Å². The van der Waals surface area contributed by atoms with Crippen molar-refractivity contribution in [3.63, 3.8) is 0 Å². The molecule has 2 bridgehead atoms. The maximum absolute atomic E-state index is 13.9. The van der Waals surface area contributed by atoms with Crippen LogP contribution in [0.15, 0.2) is 24.3 Å². The Kier molecular flexibility index (Phi) is 6.81. The van der Waals surface area contributed by atoms with Gasteiger partial charge in [-0.2, -0.15) is 0 Å². The lowest BCUT2D eigenvalue weighted by atomic mass is 9.51. The van der Waals surface area contributed by atoms with Crippen molar-refractivity contribution in [2.75, 3.05) is 20.1 Å². The fraction of sp³-hybridized carbons (Fsp3) is 0.529. The molecular formula is C34H40N2O5. The van der Waals surface area contributed by atoms with Crippen LogP contribution in [0.5, 0.6) is 17.2 Å². The highest BCUT2D eigenvalue weighted by atomic mass is 16.6. The number of nitrogens with zero attached hydrogens (tertiary/aromatic N) is 2. The van der Waals surface area contributed by atoms with Crippen LogP contribution in [-0.4, -0.2) is 65.1 Å². The molecule has 5 atom stereocenters. The highest BCUT2D eigenvalue weighted by Crippen LogP contribution is 2.65. The molecule has 2 aromatic rings. The number of rotatable bonds is 4. The number of aromatic hydroxyl groups is 1. The summed E-state index contributed by atoms with van der Waals surface area (Å²) >= 11 is 0. The van der Waals surface area contributed by atoms with Gasteiger partial charge < -0.3 is 24.4 Å². The molecule has 2 aromatic carbocycles. The predicted molar refractivity (Wildman–Crippen MR) is 156 cm³/mol. The van der Waals surface area contributed by atoms with Crippen molar-refractivity contribution in [1.29, 1.82) is 0 Å². The number of hydrogen-bond acceptors (Lipinski definition) is 6. The summed E-state index contributed by atoms with van der Waals surface area (Å²) in [6.07, 6.45) is 3.03. The van der Waals surface area contributed by atoms with Gasteiger partial charge in [0.15, 0.2) is 11.5 Å². The van der Waals surface area contributed by atoms with Crippen molar-refractivity contribution < 1.29 is 24.2 Å². The maximum atomic E-state index is 13.9. The van der Waals surface area contributed by atoms with Crippen molar-refractivity contribution >= 4 is 11.9 Å². The normalized spacial score (nSPS) is 27.4.